The van der Waals surface area contributed by atoms with Crippen LogP contribution in [0.1, 0.15) is 92.7 Å². The van der Waals surface area contributed by atoms with Gasteiger partial charge in [0, 0.05) is 53.8 Å². The lowest BCUT2D eigenvalue weighted by Crippen LogP contribution is -2.42. The van der Waals surface area contributed by atoms with Gasteiger partial charge in [0.15, 0.2) is 5.65 Å². The van der Waals surface area contributed by atoms with Crippen LogP contribution in [0.5, 0.6) is 0 Å². The molecule has 7 rings (SSSR count). The summed E-state index contributed by atoms with van der Waals surface area (Å²) in [6, 6.07) is 19.3. The number of rotatable bonds is 11. The number of fused-ring (bicyclic) bond motifs is 2. The second kappa shape index (κ2) is 14.3. The predicted octanol–water partition coefficient (Wildman–Crippen LogP) is 7.40. The summed E-state index contributed by atoms with van der Waals surface area (Å²) in [4.78, 5) is 32.9. The molecule has 2 aliphatic rings. The Balaban J connectivity index is 1.01. The highest BCUT2D eigenvalue weighted by Gasteiger charge is 2.36. The van der Waals surface area contributed by atoms with E-state index in [0.29, 0.717) is 30.4 Å². The topological polar surface area (TPSA) is 128 Å². The second-order valence-corrected chi connectivity index (χ2v) is 13.4. The van der Waals surface area contributed by atoms with Crippen LogP contribution in [0, 0.1) is 0 Å². The minimum Gasteiger partial charge on any atom is -0.444 e. The van der Waals surface area contributed by atoms with Crippen LogP contribution in [-0.2, 0) is 22.6 Å². The standard InChI is InChI=1S/C38H44N8O4/c1-5-49-25(4)45-22-28(20-39-45)32-16-17-34-42-37(43-46(34)35(32)24(2)3)40-29-12-9-13-31(18-29)44-21-27-14-15-30(19-33(27)36(44)47)41-38(48)50-23-26-10-7-6-8-11-26/h6-8,10-11,14-17,19-20,22,24-25,29,31H,5,9,12-13,18,21,23H2,1-4H3,(H,40,43)(H,41,48)/t25?,29-,31+/m1/s1. The van der Waals surface area contributed by atoms with E-state index in [1.807, 2.05) is 88.9 Å². The Labute approximate surface area is 291 Å². The smallest absolute Gasteiger partial charge is 0.411 e. The number of nitrogens with one attached hydrogen (secondary N) is 2. The lowest BCUT2D eigenvalue weighted by atomic mass is 9.90. The summed E-state index contributed by atoms with van der Waals surface area (Å²) in [5.74, 6) is 0.764. The van der Waals surface area contributed by atoms with E-state index in [9.17, 15) is 9.59 Å². The maximum Gasteiger partial charge on any atom is 0.411 e. The maximum atomic E-state index is 13.7. The van der Waals surface area contributed by atoms with Gasteiger partial charge in [-0.1, -0.05) is 50.2 Å². The molecule has 4 heterocycles. The number of hydrogen-bond donors (Lipinski definition) is 2. The van der Waals surface area contributed by atoms with Crippen LogP contribution in [0.2, 0.25) is 0 Å². The van der Waals surface area contributed by atoms with Crippen LogP contribution < -0.4 is 10.6 Å². The van der Waals surface area contributed by atoms with E-state index >= 15 is 0 Å². The average Bonchev–Trinajstić information content (AvgIpc) is 3.85. The SMILES string of the molecule is CCOC(C)n1cc(-c2ccc3nc(N[C@@H]4CCC[C@H](N5Cc6ccc(NC(=O)OCc7ccccc7)cc6C5=O)C4)nn3c2C(C)C)cn1. The van der Waals surface area contributed by atoms with Gasteiger partial charge in [-0.2, -0.15) is 10.1 Å². The summed E-state index contributed by atoms with van der Waals surface area (Å²) in [5, 5.41) is 15.9. The van der Waals surface area contributed by atoms with Crippen molar-refractivity contribution in [2.45, 2.75) is 90.8 Å². The molecule has 0 spiro atoms. The molecule has 2 N–H and O–H groups in total. The van der Waals surface area contributed by atoms with Crippen molar-refractivity contribution in [3.8, 4) is 11.1 Å². The third-order valence-corrected chi connectivity index (χ3v) is 9.60. The number of benzene rings is 2. The van der Waals surface area contributed by atoms with Crippen molar-refractivity contribution in [1.82, 2.24) is 29.3 Å². The lowest BCUT2D eigenvalue weighted by Gasteiger charge is -2.35. The number of carbonyl (C=O) groups is 2. The predicted molar refractivity (Wildman–Crippen MR) is 191 cm³/mol. The summed E-state index contributed by atoms with van der Waals surface area (Å²) in [6.45, 7) is 9.63. The van der Waals surface area contributed by atoms with Crippen LogP contribution in [-0.4, -0.2) is 60.0 Å². The lowest BCUT2D eigenvalue weighted by molar-refractivity contribution is 0.0160. The number of amides is 2. The first kappa shape index (κ1) is 33.3. The summed E-state index contributed by atoms with van der Waals surface area (Å²) < 4.78 is 14.9. The Morgan fingerprint density at radius 1 is 1.04 bits per heavy atom. The van der Waals surface area contributed by atoms with Gasteiger partial charge in [0.2, 0.25) is 5.95 Å². The third-order valence-electron chi connectivity index (χ3n) is 9.60. The molecule has 1 aliphatic carbocycles. The van der Waals surface area contributed by atoms with Crippen molar-refractivity contribution in [1.29, 1.82) is 0 Å². The summed E-state index contributed by atoms with van der Waals surface area (Å²) in [5.41, 5.74) is 6.93. The van der Waals surface area contributed by atoms with Crippen molar-refractivity contribution < 1.29 is 19.1 Å². The Bertz CT molecular complexity index is 1990. The maximum absolute atomic E-state index is 13.7. The number of nitrogens with zero attached hydrogens (tertiary/aromatic N) is 6. The molecule has 5 aromatic rings. The van der Waals surface area contributed by atoms with Gasteiger partial charge < -0.3 is 19.7 Å². The van der Waals surface area contributed by atoms with Gasteiger partial charge in [-0.15, -0.1) is 5.10 Å². The molecule has 0 saturated heterocycles. The Morgan fingerprint density at radius 2 is 1.88 bits per heavy atom. The van der Waals surface area contributed by atoms with Crippen LogP contribution in [0.4, 0.5) is 16.4 Å². The molecule has 1 aliphatic heterocycles. The summed E-state index contributed by atoms with van der Waals surface area (Å²) in [7, 11) is 0. The van der Waals surface area contributed by atoms with Gasteiger partial charge in [-0.05, 0) is 80.8 Å². The number of aromatic nitrogens is 5. The largest absolute Gasteiger partial charge is 0.444 e. The second-order valence-electron chi connectivity index (χ2n) is 13.4. The van der Waals surface area contributed by atoms with Crippen LogP contribution in [0.15, 0.2) is 73.1 Å². The summed E-state index contributed by atoms with van der Waals surface area (Å²) >= 11 is 0. The number of hydrogen-bond acceptors (Lipinski definition) is 8. The molecule has 12 heteroatoms. The van der Waals surface area contributed by atoms with E-state index in [4.69, 9.17) is 19.6 Å². The van der Waals surface area contributed by atoms with Gasteiger partial charge in [0.05, 0.1) is 11.9 Å². The summed E-state index contributed by atoms with van der Waals surface area (Å²) in [6.07, 6.45) is 6.87. The molecule has 3 atom stereocenters. The average molecular weight is 677 g/mol. The van der Waals surface area contributed by atoms with E-state index in [-0.39, 0.29) is 36.7 Å². The van der Waals surface area contributed by atoms with E-state index in [1.54, 1.807) is 6.07 Å². The highest BCUT2D eigenvalue weighted by atomic mass is 16.5. The number of carbonyl (C=O) groups excluding carboxylic acids is 2. The van der Waals surface area contributed by atoms with E-state index in [1.165, 1.54) is 0 Å². The monoisotopic (exact) mass is 676 g/mol. The first-order valence-electron chi connectivity index (χ1n) is 17.5. The van der Waals surface area contributed by atoms with Crippen molar-refractivity contribution in [3.63, 3.8) is 0 Å². The number of pyridine rings is 1. The van der Waals surface area contributed by atoms with Gasteiger partial charge in [-0.3, -0.25) is 10.1 Å². The van der Waals surface area contributed by atoms with E-state index in [0.717, 1.165) is 59.3 Å². The molecule has 3 aromatic heterocycles. The molecule has 12 nitrogen and oxygen atoms in total. The van der Waals surface area contributed by atoms with Gasteiger partial charge in [0.25, 0.3) is 5.91 Å². The van der Waals surface area contributed by atoms with Gasteiger partial charge >= 0.3 is 6.09 Å². The van der Waals surface area contributed by atoms with Gasteiger partial charge in [-0.25, -0.2) is 14.0 Å². The highest BCUT2D eigenvalue weighted by Crippen LogP contribution is 2.34. The molecule has 1 saturated carbocycles. The Kier molecular flexibility index (Phi) is 9.53. The zero-order valence-electron chi connectivity index (χ0n) is 29.0. The zero-order valence-corrected chi connectivity index (χ0v) is 29.0. The van der Waals surface area contributed by atoms with E-state index < -0.39 is 6.09 Å². The number of ether oxygens (including phenoxy) is 2. The normalized spacial score (nSPS) is 18.0. The third kappa shape index (κ3) is 6.93. The van der Waals surface area contributed by atoms with Crippen molar-refractivity contribution in [2.75, 3.05) is 17.2 Å². The number of anilines is 2. The minimum absolute atomic E-state index is 0.00844. The zero-order chi connectivity index (χ0) is 34.8. The van der Waals surface area contributed by atoms with Crippen LogP contribution in [0.25, 0.3) is 16.8 Å². The van der Waals surface area contributed by atoms with Crippen LogP contribution in [0.3, 0.4) is 0 Å². The quantitative estimate of drug-likeness (QED) is 0.148. The fraction of sp³-hybridized carbons (Fsp3) is 0.395. The molecular formula is C38H44N8O4. The molecule has 2 aromatic carbocycles. The molecular weight excluding hydrogens is 632 g/mol. The van der Waals surface area contributed by atoms with E-state index in [2.05, 4.69) is 35.6 Å². The molecule has 1 fully saturated rings. The van der Waals surface area contributed by atoms with Gasteiger partial charge in [0.1, 0.15) is 12.8 Å². The molecule has 0 bridgehead atoms. The molecule has 0 radical (unpaired) electrons. The first-order chi connectivity index (χ1) is 24.3. The highest BCUT2D eigenvalue weighted by molar-refractivity contribution is 6.00. The van der Waals surface area contributed by atoms with Crippen molar-refractivity contribution in [2.24, 2.45) is 0 Å². The minimum atomic E-state index is -0.558. The molecule has 260 valence electrons. The van der Waals surface area contributed by atoms with Crippen molar-refractivity contribution in [3.05, 3.63) is 95.4 Å². The molecule has 1 unspecified atom stereocenters. The molecule has 50 heavy (non-hydrogen) atoms. The first-order valence-corrected chi connectivity index (χ1v) is 17.5. The molecule has 2 amide bonds. The fourth-order valence-corrected chi connectivity index (χ4v) is 7.15. The van der Waals surface area contributed by atoms with Crippen molar-refractivity contribution >= 4 is 29.3 Å². The Hall–Kier alpha value is -5.23. The fourth-order valence-electron chi connectivity index (χ4n) is 7.15. The van der Waals surface area contributed by atoms with Crippen LogP contribution >= 0.6 is 0 Å². The Morgan fingerprint density at radius 3 is 2.68 bits per heavy atom.